The predicted octanol–water partition coefficient (Wildman–Crippen LogP) is 2.79. The number of nitrogens with zero attached hydrogens (tertiary/aromatic N) is 3. The third kappa shape index (κ3) is 4.12. The summed E-state index contributed by atoms with van der Waals surface area (Å²) in [5, 5.41) is 0. The molecule has 0 N–H and O–H groups in total. The maximum absolute atomic E-state index is 13.6. The highest BCUT2D eigenvalue weighted by molar-refractivity contribution is 5.95. The Hall–Kier alpha value is -2.87. The van der Waals surface area contributed by atoms with Gasteiger partial charge in [0.05, 0.1) is 18.3 Å². The maximum atomic E-state index is 13.6. The number of hydrogen-bond donors (Lipinski definition) is 0. The van der Waals surface area contributed by atoms with Crippen LogP contribution in [0.3, 0.4) is 0 Å². The minimum Gasteiger partial charge on any atom is -0.363 e. The first-order chi connectivity index (χ1) is 14.0. The van der Waals surface area contributed by atoms with Gasteiger partial charge in [0.1, 0.15) is 23.9 Å². The fourth-order valence-corrected chi connectivity index (χ4v) is 3.93. The number of aromatic nitrogens is 1. The quantitative estimate of drug-likeness (QED) is 0.777. The lowest BCUT2D eigenvalue weighted by molar-refractivity contribution is -0.140. The largest absolute Gasteiger partial charge is 0.363 e. The molecule has 0 saturated carbocycles. The number of carbonyl (C=O) groups excluding carboxylic acids is 2. The third-order valence-corrected chi connectivity index (χ3v) is 5.50. The van der Waals surface area contributed by atoms with E-state index in [-0.39, 0.29) is 24.1 Å². The van der Waals surface area contributed by atoms with Crippen molar-refractivity contribution >= 4 is 17.5 Å². The Labute approximate surface area is 167 Å². The van der Waals surface area contributed by atoms with Crippen LogP contribution in [0.2, 0.25) is 0 Å². The van der Waals surface area contributed by atoms with E-state index in [2.05, 4.69) is 4.98 Å². The SMILES string of the molecule is O=C(c1ccc(F)cn1)N1CCCC2(CC1)CN(c1cccc(F)c1)C(=O)CO2. The molecule has 6 nitrogen and oxygen atoms in total. The highest BCUT2D eigenvalue weighted by atomic mass is 19.1. The van der Waals surface area contributed by atoms with E-state index in [4.69, 9.17) is 4.74 Å². The van der Waals surface area contributed by atoms with Gasteiger partial charge in [-0.25, -0.2) is 13.8 Å². The number of halogens is 2. The minimum atomic E-state index is -0.592. The average Bonchev–Trinajstić information content (AvgIpc) is 2.93. The van der Waals surface area contributed by atoms with Crippen LogP contribution in [-0.2, 0) is 9.53 Å². The summed E-state index contributed by atoms with van der Waals surface area (Å²) in [4.78, 5) is 32.2. The van der Waals surface area contributed by atoms with E-state index in [1.165, 1.54) is 24.3 Å². The maximum Gasteiger partial charge on any atom is 0.272 e. The van der Waals surface area contributed by atoms with Crippen molar-refractivity contribution in [3.05, 3.63) is 59.9 Å². The van der Waals surface area contributed by atoms with Crippen molar-refractivity contribution in [2.24, 2.45) is 0 Å². The van der Waals surface area contributed by atoms with E-state index in [1.54, 1.807) is 21.9 Å². The second-order valence-corrected chi connectivity index (χ2v) is 7.44. The molecule has 2 fully saturated rings. The van der Waals surface area contributed by atoms with E-state index in [1.807, 2.05) is 0 Å². The zero-order chi connectivity index (χ0) is 20.4. The number of morpholine rings is 1. The van der Waals surface area contributed by atoms with Gasteiger partial charge in [0, 0.05) is 18.8 Å². The molecule has 1 atom stereocenters. The van der Waals surface area contributed by atoms with Crippen molar-refractivity contribution < 1.29 is 23.1 Å². The number of carbonyl (C=O) groups is 2. The van der Waals surface area contributed by atoms with Crippen molar-refractivity contribution in [2.45, 2.75) is 24.9 Å². The first-order valence-corrected chi connectivity index (χ1v) is 9.57. The van der Waals surface area contributed by atoms with Gasteiger partial charge in [0.15, 0.2) is 0 Å². The zero-order valence-electron chi connectivity index (χ0n) is 15.8. The zero-order valence-corrected chi connectivity index (χ0v) is 15.8. The number of ether oxygens (including phenoxy) is 1. The smallest absolute Gasteiger partial charge is 0.272 e. The molecule has 1 unspecified atom stereocenters. The van der Waals surface area contributed by atoms with E-state index in [0.717, 1.165) is 6.20 Å². The van der Waals surface area contributed by atoms with Gasteiger partial charge in [-0.2, -0.15) is 0 Å². The molecule has 3 heterocycles. The summed E-state index contributed by atoms with van der Waals surface area (Å²) >= 11 is 0. The number of amides is 2. The minimum absolute atomic E-state index is 0.0794. The van der Waals surface area contributed by atoms with Crippen molar-refractivity contribution in [2.75, 3.05) is 31.1 Å². The molecule has 2 aromatic rings. The van der Waals surface area contributed by atoms with Gasteiger partial charge in [0.25, 0.3) is 11.8 Å². The van der Waals surface area contributed by atoms with Gasteiger partial charge < -0.3 is 14.5 Å². The first kappa shape index (κ1) is 19.4. The molecule has 2 saturated heterocycles. The first-order valence-electron chi connectivity index (χ1n) is 9.57. The van der Waals surface area contributed by atoms with Crippen molar-refractivity contribution in [1.82, 2.24) is 9.88 Å². The lowest BCUT2D eigenvalue weighted by Crippen LogP contribution is -2.55. The highest BCUT2D eigenvalue weighted by Crippen LogP contribution is 2.33. The number of anilines is 1. The van der Waals surface area contributed by atoms with Gasteiger partial charge in [-0.15, -0.1) is 0 Å². The summed E-state index contributed by atoms with van der Waals surface area (Å²) in [6, 6.07) is 8.54. The Bertz CT molecular complexity index is 922. The van der Waals surface area contributed by atoms with Gasteiger partial charge in [0.2, 0.25) is 0 Å². The molecule has 2 amide bonds. The van der Waals surface area contributed by atoms with Gasteiger partial charge in [-0.1, -0.05) is 6.07 Å². The van der Waals surface area contributed by atoms with E-state index >= 15 is 0 Å². The molecule has 4 rings (SSSR count). The molecule has 2 aliphatic heterocycles. The Morgan fingerprint density at radius 3 is 2.72 bits per heavy atom. The Kier molecular flexibility index (Phi) is 5.27. The highest BCUT2D eigenvalue weighted by Gasteiger charge is 2.42. The Morgan fingerprint density at radius 2 is 1.97 bits per heavy atom. The van der Waals surface area contributed by atoms with E-state index in [0.29, 0.717) is 44.6 Å². The number of benzene rings is 1. The molecular formula is C21H21F2N3O3. The van der Waals surface area contributed by atoms with Crippen molar-refractivity contribution in [3.63, 3.8) is 0 Å². The van der Waals surface area contributed by atoms with Crippen LogP contribution in [-0.4, -0.2) is 53.5 Å². The number of hydrogen-bond acceptors (Lipinski definition) is 4. The van der Waals surface area contributed by atoms with Gasteiger partial charge >= 0.3 is 0 Å². The van der Waals surface area contributed by atoms with Crippen LogP contribution in [0.5, 0.6) is 0 Å². The van der Waals surface area contributed by atoms with Crippen LogP contribution in [0, 0.1) is 11.6 Å². The monoisotopic (exact) mass is 401 g/mol. The second kappa shape index (κ2) is 7.87. The summed E-state index contributed by atoms with van der Waals surface area (Å²) in [5.41, 5.74) is 0.111. The lowest BCUT2D eigenvalue weighted by atomic mass is 9.92. The average molecular weight is 401 g/mol. The standard InChI is InChI=1S/C21H21F2N3O3/c22-15-3-1-4-17(11-15)26-14-21(29-13-19(26)27)7-2-9-25(10-8-21)20(28)18-6-5-16(23)12-24-18/h1,3-6,11-12H,2,7-10,13-14H2. The summed E-state index contributed by atoms with van der Waals surface area (Å²) in [5.74, 6) is -1.36. The molecule has 8 heteroatoms. The number of rotatable bonds is 2. The molecule has 0 bridgehead atoms. The van der Waals surface area contributed by atoms with Crippen LogP contribution in [0.1, 0.15) is 29.8 Å². The van der Waals surface area contributed by atoms with Crippen LogP contribution < -0.4 is 4.90 Å². The Balaban J connectivity index is 1.48. The molecule has 0 aliphatic carbocycles. The summed E-state index contributed by atoms with van der Waals surface area (Å²) < 4.78 is 32.6. The normalized spacial score (nSPS) is 22.6. The summed E-state index contributed by atoms with van der Waals surface area (Å²) in [6.07, 6.45) is 2.93. The second-order valence-electron chi connectivity index (χ2n) is 7.44. The predicted molar refractivity (Wildman–Crippen MR) is 101 cm³/mol. The topological polar surface area (TPSA) is 62.7 Å². The third-order valence-electron chi connectivity index (χ3n) is 5.50. The number of pyridine rings is 1. The lowest BCUT2D eigenvalue weighted by Gasteiger charge is -2.42. The fraction of sp³-hybridized carbons (Fsp3) is 0.381. The van der Waals surface area contributed by atoms with E-state index in [9.17, 15) is 18.4 Å². The molecule has 0 radical (unpaired) electrons. The van der Waals surface area contributed by atoms with Crippen LogP contribution in [0.25, 0.3) is 0 Å². The Morgan fingerprint density at radius 1 is 1.10 bits per heavy atom. The molecule has 29 heavy (non-hydrogen) atoms. The molecule has 1 spiro atoms. The van der Waals surface area contributed by atoms with Crippen LogP contribution in [0.15, 0.2) is 42.6 Å². The molecule has 152 valence electrons. The fourth-order valence-electron chi connectivity index (χ4n) is 3.93. The van der Waals surface area contributed by atoms with Crippen molar-refractivity contribution in [3.8, 4) is 0 Å². The molecule has 1 aromatic heterocycles. The van der Waals surface area contributed by atoms with Gasteiger partial charge in [-0.05, 0) is 49.6 Å². The van der Waals surface area contributed by atoms with Crippen molar-refractivity contribution in [1.29, 1.82) is 0 Å². The van der Waals surface area contributed by atoms with Gasteiger partial charge in [-0.3, -0.25) is 9.59 Å². The van der Waals surface area contributed by atoms with Crippen LogP contribution >= 0.6 is 0 Å². The van der Waals surface area contributed by atoms with E-state index < -0.39 is 17.2 Å². The number of likely N-dealkylation sites (tertiary alicyclic amines) is 1. The molecular weight excluding hydrogens is 380 g/mol. The molecule has 2 aliphatic rings. The van der Waals surface area contributed by atoms with Crippen LogP contribution in [0.4, 0.5) is 14.5 Å². The molecule has 1 aromatic carbocycles. The summed E-state index contributed by atoms with van der Waals surface area (Å²) in [7, 11) is 0. The summed E-state index contributed by atoms with van der Waals surface area (Å²) in [6.45, 7) is 1.19.